The van der Waals surface area contributed by atoms with Crippen LogP contribution in [-0.4, -0.2) is 9.78 Å². The van der Waals surface area contributed by atoms with Crippen molar-refractivity contribution in [3.8, 4) is 0 Å². The first-order chi connectivity index (χ1) is 9.70. The van der Waals surface area contributed by atoms with Crippen LogP contribution in [0.5, 0.6) is 0 Å². The Morgan fingerprint density at radius 3 is 2.48 bits per heavy atom. The summed E-state index contributed by atoms with van der Waals surface area (Å²) >= 11 is 6.11. The van der Waals surface area contributed by atoms with Gasteiger partial charge in [-0.1, -0.05) is 17.7 Å². The van der Waals surface area contributed by atoms with Crippen molar-refractivity contribution in [3.63, 3.8) is 0 Å². The molecule has 0 aliphatic rings. The Hall–Kier alpha value is -1.69. The molecule has 0 aliphatic heterocycles. The summed E-state index contributed by atoms with van der Waals surface area (Å²) in [7, 11) is 1.74. The van der Waals surface area contributed by atoms with E-state index in [0.29, 0.717) is 22.9 Å². The Kier molecular flexibility index (Phi) is 4.18. The Bertz CT molecular complexity index is 662. The van der Waals surface area contributed by atoms with Gasteiger partial charge in [0.2, 0.25) is 0 Å². The number of halogens is 4. The van der Waals surface area contributed by atoms with Crippen molar-refractivity contribution in [2.45, 2.75) is 26.6 Å². The third kappa shape index (κ3) is 3.32. The van der Waals surface area contributed by atoms with E-state index in [1.165, 1.54) is 13.0 Å². The molecule has 1 aromatic carbocycles. The van der Waals surface area contributed by atoms with Gasteiger partial charge in [0.25, 0.3) is 0 Å². The number of benzene rings is 1. The van der Waals surface area contributed by atoms with E-state index in [4.69, 9.17) is 11.6 Å². The number of hydrogen-bond acceptors (Lipinski definition) is 2. The van der Waals surface area contributed by atoms with Gasteiger partial charge in [-0.15, -0.1) is 0 Å². The lowest BCUT2D eigenvalue weighted by atomic mass is 10.1. The van der Waals surface area contributed by atoms with Crippen LogP contribution >= 0.6 is 11.6 Å². The summed E-state index contributed by atoms with van der Waals surface area (Å²) in [6.45, 7) is 3.52. The van der Waals surface area contributed by atoms with E-state index in [1.54, 1.807) is 24.7 Å². The van der Waals surface area contributed by atoms with Crippen molar-refractivity contribution >= 4 is 17.3 Å². The lowest BCUT2D eigenvalue weighted by Crippen LogP contribution is -2.10. The Morgan fingerprint density at radius 2 is 1.95 bits per heavy atom. The van der Waals surface area contributed by atoms with Gasteiger partial charge < -0.3 is 5.32 Å². The maximum Gasteiger partial charge on any atom is 0.416 e. The van der Waals surface area contributed by atoms with Gasteiger partial charge in [-0.2, -0.15) is 18.3 Å². The number of aryl methyl sites for hydroxylation is 3. The number of alkyl halides is 3. The average molecular weight is 318 g/mol. The largest absolute Gasteiger partial charge is 0.416 e. The molecule has 0 aliphatic carbocycles. The summed E-state index contributed by atoms with van der Waals surface area (Å²) in [6, 6.07) is 4.16. The SMILES string of the molecule is Cc1ccc(NCc2c(Cl)c(C)nn2C)cc1C(F)(F)F. The van der Waals surface area contributed by atoms with Crippen LogP contribution in [0.1, 0.15) is 22.5 Å². The zero-order chi connectivity index (χ0) is 15.8. The molecule has 0 atom stereocenters. The first-order valence-electron chi connectivity index (χ1n) is 6.30. The molecule has 1 N–H and O–H groups in total. The first kappa shape index (κ1) is 15.7. The normalized spacial score (nSPS) is 11.8. The van der Waals surface area contributed by atoms with Crippen molar-refractivity contribution < 1.29 is 13.2 Å². The molecule has 1 heterocycles. The van der Waals surface area contributed by atoms with Crippen LogP contribution < -0.4 is 5.32 Å². The van der Waals surface area contributed by atoms with Gasteiger partial charge in [-0.05, 0) is 31.5 Å². The minimum absolute atomic E-state index is 0.197. The zero-order valence-electron chi connectivity index (χ0n) is 11.8. The number of aromatic nitrogens is 2. The Balaban J connectivity index is 2.21. The molecule has 0 bridgehead atoms. The van der Waals surface area contributed by atoms with Gasteiger partial charge in [-0.25, -0.2) is 0 Å². The van der Waals surface area contributed by atoms with Crippen molar-refractivity contribution in [2.24, 2.45) is 7.05 Å². The van der Waals surface area contributed by atoms with E-state index in [9.17, 15) is 13.2 Å². The second kappa shape index (κ2) is 5.60. The third-order valence-corrected chi connectivity index (χ3v) is 3.76. The van der Waals surface area contributed by atoms with Gasteiger partial charge in [-0.3, -0.25) is 4.68 Å². The van der Waals surface area contributed by atoms with Gasteiger partial charge in [0, 0.05) is 12.7 Å². The molecule has 7 heteroatoms. The summed E-state index contributed by atoms with van der Waals surface area (Å²) in [5.41, 5.74) is 1.37. The fourth-order valence-corrected chi connectivity index (χ4v) is 2.32. The molecule has 21 heavy (non-hydrogen) atoms. The smallest absolute Gasteiger partial charge is 0.379 e. The molecule has 3 nitrogen and oxygen atoms in total. The molecule has 0 unspecified atom stereocenters. The Labute approximate surface area is 125 Å². The molecule has 0 fully saturated rings. The molecular weight excluding hydrogens is 303 g/mol. The van der Waals surface area contributed by atoms with Crippen LogP contribution in [0, 0.1) is 13.8 Å². The predicted octanol–water partition coefficient (Wildman–Crippen LogP) is 4.32. The van der Waals surface area contributed by atoms with E-state index in [0.717, 1.165) is 11.8 Å². The van der Waals surface area contributed by atoms with E-state index in [1.807, 2.05) is 0 Å². The van der Waals surface area contributed by atoms with Crippen LogP contribution in [0.3, 0.4) is 0 Å². The first-order valence-corrected chi connectivity index (χ1v) is 6.67. The highest BCUT2D eigenvalue weighted by molar-refractivity contribution is 6.31. The average Bonchev–Trinajstić information content (AvgIpc) is 2.61. The summed E-state index contributed by atoms with van der Waals surface area (Å²) in [5, 5.41) is 7.63. The highest BCUT2D eigenvalue weighted by atomic mass is 35.5. The van der Waals surface area contributed by atoms with Gasteiger partial charge >= 0.3 is 6.18 Å². The fourth-order valence-electron chi connectivity index (χ4n) is 2.10. The monoisotopic (exact) mass is 317 g/mol. The summed E-state index contributed by atoms with van der Waals surface area (Å²) in [6.07, 6.45) is -4.36. The number of hydrogen-bond donors (Lipinski definition) is 1. The topological polar surface area (TPSA) is 29.9 Å². The molecule has 114 valence electrons. The highest BCUT2D eigenvalue weighted by Gasteiger charge is 2.32. The van der Waals surface area contributed by atoms with Crippen LogP contribution in [0.25, 0.3) is 0 Å². The molecule has 2 aromatic rings. The maximum atomic E-state index is 12.9. The quantitative estimate of drug-likeness (QED) is 0.913. The van der Waals surface area contributed by atoms with Gasteiger partial charge in [0.1, 0.15) is 0 Å². The van der Waals surface area contributed by atoms with Crippen LogP contribution in [0.15, 0.2) is 18.2 Å². The summed E-state index contributed by atoms with van der Waals surface area (Å²) < 4.78 is 40.2. The highest BCUT2D eigenvalue weighted by Crippen LogP contribution is 2.33. The zero-order valence-corrected chi connectivity index (χ0v) is 12.6. The molecule has 0 amide bonds. The minimum atomic E-state index is -4.36. The molecule has 1 aromatic heterocycles. The second-order valence-electron chi connectivity index (χ2n) is 4.85. The molecule has 0 spiro atoms. The molecular formula is C14H15ClF3N3. The number of nitrogens with zero attached hydrogens (tertiary/aromatic N) is 2. The molecule has 0 saturated heterocycles. The lowest BCUT2D eigenvalue weighted by molar-refractivity contribution is -0.138. The Morgan fingerprint density at radius 1 is 1.29 bits per heavy atom. The molecule has 0 saturated carbocycles. The van der Waals surface area contributed by atoms with Crippen LogP contribution in [-0.2, 0) is 19.8 Å². The van der Waals surface area contributed by atoms with Crippen LogP contribution in [0.2, 0.25) is 5.02 Å². The summed E-state index contributed by atoms with van der Waals surface area (Å²) in [5.74, 6) is 0. The van der Waals surface area contributed by atoms with Crippen molar-refractivity contribution in [3.05, 3.63) is 45.7 Å². The van der Waals surface area contributed by atoms with E-state index in [2.05, 4.69) is 10.4 Å². The lowest BCUT2D eigenvalue weighted by Gasteiger charge is -2.13. The summed E-state index contributed by atoms with van der Waals surface area (Å²) in [4.78, 5) is 0. The fraction of sp³-hybridized carbons (Fsp3) is 0.357. The predicted molar refractivity (Wildman–Crippen MR) is 76.5 cm³/mol. The molecule has 0 radical (unpaired) electrons. The van der Waals surface area contributed by atoms with Crippen molar-refractivity contribution in [2.75, 3.05) is 5.32 Å². The number of rotatable bonds is 3. The van der Waals surface area contributed by atoms with E-state index in [-0.39, 0.29) is 5.56 Å². The van der Waals surface area contributed by atoms with E-state index >= 15 is 0 Å². The standard InChI is InChI=1S/C14H15ClF3N3/c1-8-4-5-10(6-11(8)14(16,17)18)19-7-12-13(15)9(2)20-21(12)3/h4-6,19H,7H2,1-3H3. The maximum absolute atomic E-state index is 12.9. The second-order valence-corrected chi connectivity index (χ2v) is 5.23. The van der Waals surface area contributed by atoms with Crippen molar-refractivity contribution in [1.82, 2.24) is 9.78 Å². The van der Waals surface area contributed by atoms with E-state index < -0.39 is 11.7 Å². The molecule has 2 rings (SSSR count). The number of anilines is 1. The minimum Gasteiger partial charge on any atom is -0.379 e. The van der Waals surface area contributed by atoms with Gasteiger partial charge in [0.15, 0.2) is 0 Å². The van der Waals surface area contributed by atoms with Crippen LogP contribution in [0.4, 0.5) is 18.9 Å². The van der Waals surface area contributed by atoms with Crippen molar-refractivity contribution in [1.29, 1.82) is 0 Å². The van der Waals surface area contributed by atoms with Gasteiger partial charge in [0.05, 0.1) is 28.5 Å². The third-order valence-electron chi connectivity index (χ3n) is 3.26. The number of nitrogens with one attached hydrogen (secondary N) is 1.